The first-order valence-corrected chi connectivity index (χ1v) is 16.1. The van der Waals surface area contributed by atoms with Gasteiger partial charge in [0.05, 0.1) is 0 Å². The number of hydrogen-bond donors (Lipinski definition) is 2. The second kappa shape index (κ2) is 9.14. The zero-order valence-electron chi connectivity index (χ0n) is 25.6. The highest BCUT2D eigenvalue weighted by Crippen LogP contribution is 2.78. The van der Waals surface area contributed by atoms with Crippen molar-refractivity contribution >= 4 is 0 Å². The standard InChI is InChI=1S/C35H60N2/c1-10-31(6)24(4)13-16-32(7)28(31)15-17-34(9)29(32)12-11-27-30-26(23(2)3)14-18-35(30,20-19-33(27,34)8)25(5)37-22-21-36/h24,26-30,37H,2,5,10-22,36H2,1,3-4,6-9H3/t24-,26-,27?,28-,29+,30+,31+,32-,33+,34+,35+/m0/s1. The van der Waals surface area contributed by atoms with E-state index in [1.54, 1.807) is 0 Å². The van der Waals surface area contributed by atoms with Crippen LogP contribution >= 0.6 is 0 Å². The van der Waals surface area contributed by atoms with E-state index < -0.39 is 0 Å². The van der Waals surface area contributed by atoms with Crippen molar-refractivity contribution in [3.63, 3.8) is 0 Å². The summed E-state index contributed by atoms with van der Waals surface area (Å²) in [7, 11) is 0. The second-order valence-electron chi connectivity index (χ2n) is 15.8. The molecule has 5 fully saturated rings. The quantitative estimate of drug-likeness (QED) is 0.352. The molecule has 5 aliphatic rings. The largest absolute Gasteiger partial charge is 0.387 e. The number of hydrogen-bond acceptors (Lipinski definition) is 2. The molecule has 0 aromatic heterocycles. The van der Waals surface area contributed by atoms with Crippen molar-refractivity contribution in [1.29, 1.82) is 0 Å². The zero-order chi connectivity index (χ0) is 27.0. The second-order valence-corrected chi connectivity index (χ2v) is 15.8. The maximum Gasteiger partial charge on any atom is 0.0267 e. The number of nitrogens with two attached hydrogens (primary N) is 1. The molecule has 210 valence electrons. The van der Waals surface area contributed by atoms with E-state index in [0.29, 0.717) is 40.0 Å². The summed E-state index contributed by atoms with van der Waals surface area (Å²) in [5.74, 6) is 4.75. The minimum atomic E-state index is 0.230. The van der Waals surface area contributed by atoms with Crippen LogP contribution in [0.4, 0.5) is 0 Å². The van der Waals surface area contributed by atoms with E-state index >= 15 is 0 Å². The number of rotatable bonds is 6. The molecule has 0 bridgehead atoms. The SMILES string of the molecule is C=C(C)[C@@H]1CC[C@]2(C(=C)NCCN)CC[C@]3(C)C(CC[C@@H]4[C@@]5(C)CC[C@H](C)[C@@](C)(CC)[C@@H]5CC[C@]43C)[C@@H]12. The summed E-state index contributed by atoms with van der Waals surface area (Å²) in [6.45, 7) is 29.2. The van der Waals surface area contributed by atoms with Crippen molar-refractivity contribution in [2.75, 3.05) is 13.1 Å². The van der Waals surface area contributed by atoms with Crippen molar-refractivity contribution in [1.82, 2.24) is 5.32 Å². The highest BCUT2D eigenvalue weighted by molar-refractivity contribution is 5.27. The Balaban J connectivity index is 1.54. The van der Waals surface area contributed by atoms with Gasteiger partial charge in [0, 0.05) is 24.2 Å². The topological polar surface area (TPSA) is 38.0 Å². The van der Waals surface area contributed by atoms with Gasteiger partial charge in [-0.05, 0) is 128 Å². The molecule has 5 aliphatic carbocycles. The highest BCUT2D eigenvalue weighted by Gasteiger charge is 2.71. The summed E-state index contributed by atoms with van der Waals surface area (Å²) in [4.78, 5) is 0. The Morgan fingerprint density at radius 1 is 0.865 bits per heavy atom. The average molecular weight is 509 g/mol. The molecular weight excluding hydrogens is 448 g/mol. The molecule has 5 saturated carbocycles. The van der Waals surface area contributed by atoms with Gasteiger partial charge in [0.15, 0.2) is 0 Å². The van der Waals surface area contributed by atoms with Gasteiger partial charge in [-0.2, -0.15) is 0 Å². The third-order valence-electron chi connectivity index (χ3n) is 15.2. The molecule has 3 N–H and O–H groups in total. The predicted octanol–water partition coefficient (Wildman–Crippen LogP) is 8.73. The van der Waals surface area contributed by atoms with Crippen LogP contribution in [0.1, 0.15) is 119 Å². The van der Waals surface area contributed by atoms with E-state index in [9.17, 15) is 0 Å². The molecular formula is C35H60N2. The van der Waals surface area contributed by atoms with Gasteiger partial charge in [0.25, 0.3) is 0 Å². The van der Waals surface area contributed by atoms with Crippen LogP contribution in [-0.2, 0) is 0 Å². The van der Waals surface area contributed by atoms with Crippen molar-refractivity contribution in [2.45, 2.75) is 119 Å². The molecule has 2 nitrogen and oxygen atoms in total. The molecule has 0 heterocycles. The van der Waals surface area contributed by atoms with Crippen molar-refractivity contribution in [3.05, 3.63) is 24.4 Å². The molecule has 2 heteroatoms. The minimum Gasteiger partial charge on any atom is -0.387 e. The van der Waals surface area contributed by atoms with Crippen LogP contribution in [0.25, 0.3) is 0 Å². The summed E-state index contributed by atoms with van der Waals surface area (Å²) in [5.41, 5.74) is 10.7. The molecule has 0 aromatic rings. The van der Waals surface area contributed by atoms with E-state index in [0.717, 1.165) is 30.2 Å². The van der Waals surface area contributed by atoms with Gasteiger partial charge in [-0.15, -0.1) is 0 Å². The third kappa shape index (κ3) is 3.52. The molecule has 0 amide bonds. The van der Waals surface area contributed by atoms with E-state index in [4.69, 9.17) is 12.3 Å². The van der Waals surface area contributed by atoms with Gasteiger partial charge >= 0.3 is 0 Å². The van der Waals surface area contributed by atoms with Gasteiger partial charge in [-0.25, -0.2) is 0 Å². The lowest BCUT2D eigenvalue weighted by Gasteiger charge is -2.73. The summed E-state index contributed by atoms with van der Waals surface area (Å²) >= 11 is 0. The Kier molecular flexibility index (Phi) is 6.86. The van der Waals surface area contributed by atoms with Gasteiger partial charge < -0.3 is 11.1 Å². The fourth-order valence-corrected chi connectivity index (χ4v) is 12.7. The van der Waals surface area contributed by atoms with Crippen molar-refractivity contribution < 1.29 is 0 Å². The first kappa shape index (κ1) is 27.8. The highest BCUT2D eigenvalue weighted by atomic mass is 14.9. The Bertz CT molecular complexity index is 922. The molecule has 5 rings (SSSR count). The normalized spacial score (nSPS) is 52.9. The maximum atomic E-state index is 5.92. The third-order valence-corrected chi connectivity index (χ3v) is 15.2. The van der Waals surface area contributed by atoms with Crippen molar-refractivity contribution in [3.8, 4) is 0 Å². The van der Waals surface area contributed by atoms with Crippen LogP contribution < -0.4 is 11.1 Å². The summed E-state index contributed by atoms with van der Waals surface area (Å²) < 4.78 is 0. The minimum absolute atomic E-state index is 0.230. The van der Waals surface area contributed by atoms with Crippen LogP contribution in [0.2, 0.25) is 0 Å². The molecule has 0 radical (unpaired) electrons. The number of nitrogens with one attached hydrogen (secondary N) is 1. The number of fused-ring (bicyclic) bond motifs is 7. The van der Waals surface area contributed by atoms with Crippen LogP contribution in [-0.4, -0.2) is 13.1 Å². The van der Waals surface area contributed by atoms with Crippen LogP contribution in [0.5, 0.6) is 0 Å². The lowest BCUT2D eigenvalue weighted by atomic mass is 9.31. The molecule has 0 saturated heterocycles. The fourth-order valence-electron chi connectivity index (χ4n) is 12.7. The van der Waals surface area contributed by atoms with E-state index in [-0.39, 0.29) is 5.41 Å². The Labute approximate surface area is 230 Å². The van der Waals surface area contributed by atoms with Gasteiger partial charge in [0.1, 0.15) is 0 Å². The van der Waals surface area contributed by atoms with Crippen LogP contribution in [0.15, 0.2) is 24.4 Å². The van der Waals surface area contributed by atoms with E-state index in [1.165, 1.54) is 81.9 Å². The van der Waals surface area contributed by atoms with Crippen molar-refractivity contribution in [2.24, 2.45) is 68.3 Å². The smallest absolute Gasteiger partial charge is 0.0267 e. The molecule has 11 atom stereocenters. The van der Waals surface area contributed by atoms with E-state index in [2.05, 4.69) is 60.4 Å². The van der Waals surface area contributed by atoms with E-state index in [1.807, 2.05) is 0 Å². The lowest BCUT2D eigenvalue weighted by molar-refractivity contribution is -0.241. The molecule has 37 heavy (non-hydrogen) atoms. The number of allylic oxidation sites excluding steroid dienone is 2. The first-order valence-electron chi connectivity index (χ1n) is 16.1. The molecule has 0 spiro atoms. The van der Waals surface area contributed by atoms with Gasteiger partial charge in [-0.3, -0.25) is 0 Å². The monoisotopic (exact) mass is 508 g/mol. The van der Waals surface area contributed by atoms with Crippen LogP contribution in [0, 0.1) is 62.6 Å². The predicted molar refractivity (Wildman–Crippen MR) is 159 cm³/mol. The van der Waals surface area contributed by atoms with Gasteiger partial charge in [0.2, 0.25) is 0 Å². The maximum absolute atomic E-state index is 5.92. The Morgan fingerprint density at radius 2 is 1.59 bits per heavy atom. The Hall–Kier alpha value is -0.760. The summed E-state index contributed by atoms with van der Waals surface area (Å²) in [6.07, 6.45) is 15.2. The average Bonchev–Trinajstić information content (AvgIpc) is 3.27. The fraction of sp³-hybridized carbons (Fsp3) is 0.886. The zero-order valence-corrected chi connectivity index (χ0v) is 25.6. The summed E-state index contributed by atoms with van der Waals surface area (Å²) in [5, 5.41) is 3.71. The molecule has 0 aromatic carbocycles. The molecule has 0 aliphatic heterocycles. The lowest BCUT2D eigenvalue weighted by Crippen LogP contribution is -2.66. The molecule has 1 unspecified atom stereocenters. The van der Waals surface area contributed by atoms with Crippen LogP contribution in [0.3, 0.4) is 0 Å². The summed E-state index contributed by atoms with van der Waals surface area (Å²) in [6, 6.07) is 0. The van der Waals surface area contributed by atoms with Gasteiger partial charge in [-0.1, -0.05) is 66.7 Å². The first-order chi connectivity index (χ1) is 17.4. The Morgan fingerprint density at radius 3 is 2.24 bits per heavy atom.